The SMILES string of the molecule is C#C/C=C\C(=C/Cn1c2ccccc2c2ccccc21)n1c2ccccc2c2ccccc21. The molecule has 0 saturated heterocycles. The minimum atomic E-state index is 0.735. The van der Waals surface area contributed by atoms with E-state index >= 15 is 0 Å². The Morgan fingerprint density at radius 1 is 0.636 bits per heavy atom. The number of hydrogen-bond acceptors (Lipinski definition) is 0. The van der Waals surface area contributed by atoms with Gasteiger partial charge in [-0.2, -0.15) is 0 Å². The van der Waals surface area contributed by atoms with Gasteiger partial charge in [-0.05, 0) is 42.5 Å². The molecule has 2 heteroatoms. The molecule has 0 N–H and O–H groups in total. The summed E-state index contributed by atoms with van der Waals surface area (Å²) in [4.78, 5) is 0. The van der Waals surface area contributed by atoms with Crippen molar-refractivity contribution < 1.29 is 0 Å². The molecular formula is C31H22N2. The molecular weight excluding hydrogens is 400 g/mol. The molecule has 0 unspecified atom stereocenters. The first-order valence-electron chi connectivity index (χ1n) is 11.1. The predicted octanol–water partition coefficient (Wildman–Crippen LogP) is 7.63. The molecule has 0 saturated carbocycles. The third-order valence-corrected chi connectivity index (χ3v) is 6.35. The molecule has 0 radical (unpaired) electrons. The molecule has 6 rings (SSSR count). The van der Waals surface area contributed by atoms with Crippen LogP contribution < -0.4 is 0 Å². The van der Waals surface area contributed by atoms with Crippen molar-refractivity contribution in [2.45, 2.75) is 6.54 Å². The second-order valence-corrected chi connectivity index (χ2v) is 8.14. The fourth-order valence-corrected chi connectivity index (χ4v) is 4.95. The standard InChI is InChI=1S/C31H22N2/c1-2-3-12-23(33-30-19-10-6-15-26(30)27-16-7-11-20-31(27)33)21-22-32-28-17-8-4-13-24(28)25-14-5-9-18-29(25)32/h1,3-21H,22H2/b12-3-,23-21+. The second kappa shape index (κ2) is 7.89. The summed E-state index contributed by atoms with van der Waals surface area (Å²) in [6, 6.07) is 34.3. The maximum atomic E-state index is 5.62. The molecule has 2 aromatic heterocycles. The van der Waals surface area contributed by atoms with E-state index < -0.39 is 0 Å². The van der Waals surface area contributed by atoms with E-state index in [-0.39, 0.29) is 0 Å². The Hall–Kier alpha value is -4.48. The average Bonchev–Trinajstić information content (AvgIpc) is 3.38. The van der Waals surface area contributed by atoms with Crippen LogP contribution in [0.2, 0.25) is 0 Å². The topological polar surface area (TPSA) is 9.86 Å². The van der Waals surface area contributed by atoms with Crippen molar-refractivity contribution in [1.82, 2.24) is 9.13 Å². The van der Waals surface area contributed by atoms with Crippen LogP contribution >= 0.6 is 0 Å². The number of para-hydroxylation sites is 4. The zero-order valence-corrected chi connectivity index (χ0v) is 18.1. The van der Waals surface area contributed by atoms with E-state index in [1.165, 1.54) is 43.6 Å². The van der Waals surface area contributed by atoms with Crippen molar-refractivity contribution in [3.63, 3.8) is 0 Å². The quantitative estimate of drug-likeness (QED) is 0.204. The third-order valence-electron chi connectivity index (χ3n) is 6.35. The first kappa shape index (κ1) is 19.2. The van der Waals surface area contributed by atoms with Crippen LogP contribution in [0.4, 0.5) is 0 Å². The average molecular weight is 423 g/mol. The van der Waals surface area contributed by atoms with E-state index in [2.05, 4.69) is 118 Å². The van der Waals surface area contributed by atoms with Crippen molar-refractivity contribution >= 4 is 49.3 Å². The molecule has 0 atom stereocenters. The van der Waals surface area contributed by atoms with Gasteiger partial charge in [-0.15, -0.1) is 6.42 Å². The van der Waals surface area contributed by atoms with E-state index in [0.29, 0.717) is 0 Å². The summed E-state index contributed by atoms with van der Waals surface area (Å²) in [6.07, 6.45) is 11.7. The van der Waals surface area contributed by atoms with Gasteiger partial charge in [-0.3, -0.25) is 0 Å². The van der Waals surface area contributed by atoms with Crippen LogP contribution in [0, 0.1) is 12.3 Å². The summed E-state index contributed by atoms with van der Waals surface area (Å²) in [5.41, 5.74) is 5.88. The Morgan fingerprint density at radius 3 is 1.55 bits per heavy atom. The lowest BCUT2D eigenvalue weighted by atomic mass is 10.2. The molecule has 4 aromatic carbocycles. The van der Waals surface area contributed by atoms with Crippen LogP contribution in [0.15, 0.2) is 115 Å². The molecule has 33 heavy (non-hydrogen) atoms. The Morgan fingerprint density at radius 2 is 1.06 bits per heavy atom. The number of benzene rings is 4. The van der Waals surface area contributed by atoms with Crippen molar-refractivity contribution in [2.24, 2.45) is 0 Å². The van der Waals surface area contributed by atoms with Crippen LogP contribution in [0.25, 0.3) is 49.3 Å². The largest absolute Gasteiger partial charge is 0.336 e. The van der Waals surface area contributed by atoms with Gasteiger partial charge in [0.1, 0.15) is 0 Å². The normalized spacial score (nSPS) is 12.4. The zero-order valence-electron chi connectivity index (χ0n) is 18.1. The number of aromatic nitrogens is 2. The fourth-order valence-electron chi connectivity index (χ4n) is 4.95. The van der Waals surface area contributed by atoms with Crippen molar-refractivity contribution in [3.05, 3.63) is 115 Å². The number of allylic oxidation sites excluding steroid dienone is 4. The molecule has 6 aromatic rings. The first-order chi connectivity index (χ1) is 16.4. The molecule has 0 aliphatic rings. The summed E-state index contributed by atoms with van der Waals surface area (Å²) in [7, 11) is 0. The van der Waals surface area contributed by atoms with Gasteiger partial charge in [0, 0.05) is 44.8 Å². The van der Waals surface area contributed by atoms with Gasteiger partial charge in [0.25, 0.3) is 0 Å². The highest BCUT2D eigenvalue weighted by molar-refractivity contribution is 6.10. The molecule has 0 aliphatic heterocycles. The number of fused-ring (bicyclic) bond motifs is 6. The lowest BCUT2D eigenvalue weighted by Gasteiger charge is -2.11. The van der Waals surface area contributed by atoms with Gasteiger partial charge < -0.3 is 9.13 Å². The van der Waals surface area contributed by atoms with Gasteiger partial charge in [0.15, 0.2) is 0 Å². The minimum Gasteiger partial charge on any atom is -0.336 e. The maximum absolute atomic E-state index is 5.62. The Kier molecular flexibility index (Phi) is 4.60. The summed E-state index contributed by atoms with van der Waals surface area (Å²) < 4.78 is 4.69. The summed E-state index contributed by atoms with van der Waals surface area (Å²) >= 11 is 0. The Bertz CT molecular complexity index is 1640. The molecule has 0 amide bonds. The molecule has 156 valence electrons. The monoisotopic (exact) mass is 422 g/mol. The molecule has 2 heterocycles. The van der Waals surface area contributed by atoms with Crippen LogP contribution in [0.1, 0.15) is 0 Å². The van der Waals surface area contributed by atoms with Gasteiger partial charge in [-0.25, -0.2) is 0 Å². The first-order valence-corrected chi connectivity index (χ1v) is 11.1. The smallest absolute Gasteiger partial charge is 0.0540 e. The van der Waals surface area contributed by atoms with Gasteiger partial charge in [0.05, 0.1) is 11.0 Å². The van der Waals surface area contributed by atoms with Gasteiger partial charge in [-0.1, -0.05) is 78.7 Å². The third kappa shape index (κ3) is 3.06. The maximum Gasteiger partial charge on any atom is 0.0540 e. The van der Waals surface area contributed by atoms with Crippen LogP contribution in [-0.2, 0) is 6.54 Å². The van der Waals surface area contributed by atoms with Crippen molar-refractivity contribution in [2.75, 3.05) is 0 Å². The number of terminal acetylenes is 1. The van der Waals surface area contributed by atoms with Gasteiger partial charge >= 0.3 is 0 Å². The molecule has 0 fully saturated rings. The Labute approximate surface area is 192 Å². The van der Waals surface area contributed by atoms with Gasteiger partial charge in [0.2, 0.25) is 0 Å². The van der Waals surface area contributed by atoms with Crippen LogP contribution in [0.5, 0.6) is 0 Å². The minimum absolute atomic E-state index is 0.735. The van der Waals surface area contributed by atoms with E-state index in [9.17, 15) is 0 Å². The second-order valence-electron chi connectivity index (χ2n) is 8.14. The molecule has 0 bridgehead atoms. The highest BCUT2D eigenvalue weighted by Crippen LogP contribution is 2.33. The van der Waals surface area contributed by atoms with E-state index in [1.54, 1.807) is 6.08 Å². The molecule has 0 spiro atoms. The molecule has 0 aliphatic carbocycles. The van der Waals surface area contributed by atoms with E-state index in [0.717, 1.165) is 12.2 Å². The summed E-state index contributed by atoms with van der Waals surface area (Å²) in [6.45, 7) is 0.735. The number of rotatable bonds is 4. The van der Waals surface area contributed by atoms with E-state index in [1.807, 2.05) is 6.08 Å². The highest BCUT2D eigenvalue weighted by Gasteiger charge is 2.13. The van der Waals surface area contributed by atoms with Crippen LogP contribution in [0.3, 0.4) is 0 Å². The zero-order chi connectivity index (χ0) is 22.2. The molecule has 2 nitrogen and oxygen atoms in total. The highest BCUT2D eigenvalue weighted by atomic mass is 15.0. The lowest BCUT2D eigenvalue weighted by Crippen LogP contribution is -1.99. The van der Waals surface area contributed by atoms with Crippen LogP contribution in [-0.4, -0.2) is 9.13 Å². The number of nitrogens with zero attached hydrogens (tertiary/aromatic N) is 2. The van der Waals surface area contributed by atoms with E-state index in [4.69, 9.17) is 6.42 Å². The summed E-state index contributed by atoms with van der Waals surface area (Å²) in [5.74, 6) is 2.67. The van der Waals surface area contributed by atoms with Crippen molar-refractivity contribution in [1.29, 1.82) is 0 Å². The lowest BCUT2D eigenvalue weighted by molar-refractivity contribution is 0.896. The number of hydrogen-bond donors (Lipinski definition) is 0. The van der Waals surface area contributed by atoms with Crippen molar-refractivity contribution in [3.8, 4) is 12.3 Å². The summed E-state index contributed by atoms with van der Waals surface area (Å²) in [5, 5.41) is 5.04. The Balaban J connectivity index is 1.59. The predicted molar refractivity (Wildman–Crippen MR) is 141 cm³/mol. The fraction of sp³-hybridized carbons (Fsp3) is 0.0323.